The summed E-state index contributed by atoms with van der Waals surface area (Å²) in [7, 11) is -3.73. The van der Waals surface area contributed by atoms with E-state index in [0.29, 0.717) is 0 Å². The average Bonchev–Trinajstić information content (AvgIpc) is 2.50. The van der Waals surface area contributed by atoms with E-state index in [2.05, 4.69) is 4.72 Å². The topological polar surface area (TPSA) is 75.4 Å². The fraction of sp³-hybridized carbons (Fsp3) is 0.455. The predicted molar refractivity (Wildman–Crippen MR) is 74.6 cm³/mol. The summed E-state index contributed by atoms with van der Waals surface area (Å²) >= 11 is 1.45. The second-order valence-electron chi connectivity index (χ2n) is 5.14. The molecular weight excluding hydrogens is 270 g/mol. The van der Waals surface area contributed by atoms with Gasteiger partial charge in [-0.15, -0.1) is 0 Å². The normalized spacial score (nSPS) is 20.0. The Morgan fingerprint density at radius 2 is 1.94 bits per heavy atom. The molecule has 7 heteroatoms. The number of thioether (sulfide) groups is 1. The van der Waals surface area contributed by atoms with Gasteiger partial charge in [-0.2, -0.15) is 13.1 Å². The van der Waals surface area contributed by atoms with E-state index in [4.69, 9.17) is 5.14 Å². The first kappa shape index (κ1) is 13.7. The molecule has 1 unspecified atom stereocenters. The van der Waals surface area contributed by atoms with Gasteiger partial charge in [0.2, 0.25) is 0 Å². The Balaban J connectivity index is 2.40. The molecule has 0 amide bonds. The minimum atomic E-state index is -3.73. The number of hydrogen-bond donors (Lipinski definition) is 2. The molecule has 5 nitrogen and oxygen atoms in total. The van der Waals surface area contributed by atoms with Crippen LogP contribution in [0.25, 0.3) is 0 Å². The highest BCUT2D eigenvalue weighted by Crippen LogP contribution is 2.45. The molecule has 1 aliphatic rings. The Kier molecular flexibility index (Phi) is 3.35. The van der Waals surface area contributed by atoms with E-state index in [0.717, 1.165) is 10.6 Å². The van der Waals surface area contributed by atoms with E-state index < -0.39 is 15.7 Å². The molecule has 0 bridgehead atoms. The van der Waals surface area contributed by atoms with Crippen molar-refractivity contribution in [2.75, 3.05) is 4.90 Å². The standard InChI is InChI=1S/C11H17N3O2S2/c1-11(2,3)14-8-6-4-5-7-9(8)17-10(14)13-18(12,15)16/h4-7,10,13H,1-3H3,(H2,12,15,16). The van der Waals surface area contributed by atoms with E-state index in [1.165, 1.54) is 11.8 Å². The van der Waals surface area contributed by atoms with Crippen LogP contribution in [0.4, 0.5) is 5.69 Å². The summed E-state index contributed by atoms with van der Waals surface area (Å²) in [5.41, 5.74) is 0.413. The molecule has 0 saturated carbocycles. The molecule has 100 valence electrons. The SMILES string of the molecule is CC(C)(C)N1c2ccccc2SC1NS(N)(=O)=O. The number of para-hydroxylation sites is 1. The zero-order valence-corrected chi connectivity index (χ0v) is 12.2. The van der Waals surface area contributed by atoms with Gasteiger partial charge < -0.3 is 4.90 Å². The van der Waals surface area contributed by atoms with Gasteiger partial charge in [0.05, 0.1) is 5.69 Å². The van der Waals surface area contributed by atoms with Crippen LogP contribution in [0, 0.1) is 0 Å². The smallest absolute Gasteiger partial charge is 0.276 e. The Morgan fingerprint density at radius 1 is 1.33 bits per heavy atom. The number of hydrogen-bond acceptors (Lipinski definition) is 4. The highest BCUT2D eigenvalue weighted by atomic mass is 32.2. The minimum Gasteiger partial charge on any atom is -0.340 e. The highest BCUT2D eigenvalue weighted by Gasteiger charge is 2.38. The number of fused-ring (bicyclic) bond motifs is 1. The van der Waals surface area contributed by atoms with E-state index in [-0.39, 0.29) is 5.54 Å². The number of nitrogens with zero attached hydrogens (tertiary/aromatic N) is 1. The monoisotopic (exact) mass is 287 g/mol. The van der Waals surface area contributed by atoms with Crippen molar-refractivity contribution in [1.29, 1.82) is 0 Å². The Labute approximate surface area is 112 Å². The number of benzene rings is 1. The van der Waals surface area contributed by atoms with Crippen molar-refractivity contribution in [2.45, 2.75) is 36.7 Å². The van der Waals surface area contributed by atoms with Crippen LogP contribution in [-0.4, -0.2) is 19.5 Å². The van der Waals surface area contributed by atoms with Crippen molar-refractivity contribution in [3.05, 3.63) is 24.3 Å². The second-order valence-corrected chi connectivity index (χ2v) is 7.59. The number of nitrogens with one attached hydrogen (secondary N) is 1. The second kappa shape index (κ2) is 4.41. The summed E-state index contributed by atoms with van der Waals surface area (Å²) in [5.74, 6) is 0. The molecule has 1 aromatic carbocycles. The van der Waals surface area contributed by atoms with Crippen LogP contribution in [-0.2, 0) is 10.2 Å². The number of anilines is 1. The van der Waals surface area contributed by atoms with Crippen molar-refractivity contribution >= 4 is 27.7 Å². The lowest BCUT2D eigenvalue weighted by Gasteiger charge is -2.38. The molecule has 0 spiro atoms. The molecule has 1 atom stereocenters. The fourth-order valence-electron chi connectivity index (χ4n) is 1.99. The first-order valence-electron chi connectivity index (χ1n) is 5.53. The highest BCUT2D eigenvalue weighted by molar-refractivity contribution is 8.01. The molecule has 0 aliphatic carbocycles. The summed E-state index contributed by atoms with van der Waals surface area (Å²) in [5, 5.41) is 5.08. The minimum absolute atomic E-state index is 0.206. The predicted octanol–water partition coefficient (Wildman–Crippen LogP) is 1.47. The van der Waals surface area contributed by atoms with Crippen molar-refractivity contribution in [1.82, 2.24) is 4.72 Å². The third-order valence-electron chi connectivity index (χ3n) is 2.59. The zero-order chi connectivity index (χ0) is 13.6. The van der Waals surface area contributed by atoms with Crippen LogP contribution in [0.1, 0.15) is 20.8 Å². The lowest BCUT2D eigenvalue weighted by Crippen LogP contribution is -2.53. The maximum absolute atomic E-state index is 11.2. The molecule has 18 heavy (non-hydrogen) atoms. The molecule has 0 fully saturated rings. The van der Waals surface area contributed by atoms with Crippen molar-refractivity contribution in [3.8, 4) is 0 Å². The summed E-state index contributed by atoms with van der Waals surface area (Å²) in [6, 6.07) is 7.84. The largest absolute Gasteiger partial charge is 0.340 e. The molecule has 1 aromatic rings. The first-order chi connectivity index (χ1) is 8.18. The Bertz CT molecular complexity index is 552. The maximum Gasteiger partial charge on any atom is 0.276 e. The molecule has 0 radical (unpaired) electrons. The van der Waals surface area contributed by atoms with Gasteiger partial charge >= 0.3 is 0 Å². The number of nitrogens with two attached hydrogens (primary N) is 1. The molecule has 1 aliphatic heterocycles. The van der Waals surface area contributed by atoms with Gasteiger partial charge in [-0.1, -0.05) is 23.9 Å². The van der Waals surface area contributed by atoms with E-state index >= 15 is 0 Å². The average molecular weight is 287 g/mol. The van der Waals surface area contributed by atoms with E-state index in [1.54, 1.807) is 0 Å². The van der Waals surface area contributed by atoms with Crippen LogP contribution < -0.4 is 14.8 Å². The lowest BCUT2D eigenvalue weighted by atomic mass is 10.1. The molecule has 0 saturated heterocycles. The van der Waals surface area contributed by atoms with Crippen LogP contribution in [0.3, 0.4) is 0 Å². The lowest BCUT2D eigenvalue weighted by molar-refractivity contribution is 0.481. The van der Waals surface area contributed by atoms with Gasteiger partial charge in [0.25, 0.3) is 10.2 Å². The maximum atomic E-state index is 11.2. The molecule has 0 aromatic heterocycles. The molecule has 2 rings (SSSR count). The van der Waals surface area contributed by atoms with Crippen LogP contribution in [0.5, 0.6) is 0 Å². The third-order valence-corrected chi connectivity index (χ3v) is 4.44. The van der Waals surface area contributed by atoms with Gasteiger partial charge in [-0.3, -0.25) is 0 Å². The number of rotatable bonds is 2. The third kappa shape index (κ3) is 2.80. The van der Waals surface area contributed by atoms with Gasteiger partial charge in [-0.05, 0) is 32.9 Å². The van der Waals surface area contributed by atoms with Gasteiger partial charge in [0, 0.05) is 10.4 Å². The zero-order valence-electron chi connectivity index (χ0n) is 10.5. The van der Waals surface area contributed by atoms with E-state index in [1.807, 2.05) is 49.9 Å². The van der Waals surface area contributed by atoms with Gasteiger partial charge in [-0.25, -0.2) is 5.14 Å². The molecule has 3 N–H and O–H groups in total. The Morgan fingerprint density at radius 3 is 2.50 bits per heavy atom. The van der Waals surface area contributed by atoms with Crippen LogP contribution in [0.15, 0.2) is 29.2 Å². The summed E-state index contributed by atoms with van der Waals surface area (Å²) < 4.78 is 24.9. The van der Waals surface area contributed by atoms with Gasteiger partial charge in [0.15, 0.2) is 0 Å². The first-order valence-corrected chi connectivity index (χ1v) is 7.96. The quantitative estimate of drug-likeness (QED) is 0.864. The van der Waals surface area contributed by atoms with Crippen LogP contribution in [0.2, 0.25) is 0 Å². The fourth-order valence-corrected chi connectivity index (χ4v) is 4.19. The summed E-state index contributed by atoms with van der Waals surface area (Å²) in [6.07, 6.45) is 0. The Hall–Kier alpha value is -0.760. The van der Waals surface area contributed by atoms with Crippen molar-refractivity contribution < 1.29 is 8.42 Å². The van der Waals surface area contributed by atoms with E-state index in [9.17, 15) is 8.42 Å². The van der Waals surface area contributed by atoms with Crippen LogP contribution >= 0.6 is 11.8 Å². The van der Waals surface area contributed by atoms with Crippen molar-refractivity contribution in [2.24, 2.45) is 5.14 Å². The summed E-state index contributed by atoms with van der Waals surface area (Å²) in [4.78, 5) is 3.07. The van der Waals surface area contributed by atoms with Gasteiger partial charge in [0.1, 0.15) is 5.50 Å². The molecule has 1 heterocycles. The molecular formula is C11H17N3O2S2. The van der Waals surface area contributed by atoms with Crippen molar-refractivity contribution in [3.63, 3.8) is 0 Å². The summed E-state index contributed by atoms with van der Waals surface area (Å²) in [6.45, 7) is 6.11.